The average molecular weight is 309 g/mol. The maximum Gasteiger partial charge on any atom is 0.0778 e. The molecule has 3 N–H and O–H groups in total. The molecular weight excluding hydrogens is 274 g/mol. The van der Waals surface area contributed by atoms with E-state index >= 15 is 0 Å². The largest absolute Gasteiger partial charge is 0.391 e. The SMILES string of the molecule is CC(C)(C)CC(O)COCC12C=CC(CC(C)(C)N)(CC1)C2. The standard InChI is InChI=1S/C19H35NO2/c1-16(2,3)10-15(21)11-22-14-19-8-6-18(13-19,7-9-19)12-17(4,5)20/h6,8,15,21H,7,9-14,20H2,1-5H3. The van der Waals surface area contributed by atoms with Crippen LogP contribution in [0.15, 0.2) is 12.2 Å². The van der Waals surface area contributed by atoms with Crippen molar-refractivity contribution >= 4 is 0 Å². The first kappa shape index (κ1) is 18.0. The highest BCUT2D eigenvalue weighted by atomic mass is 16.5. The minimum atomic E-state index is -0.365. The van der Waals surface area contributed by atoms with Crippen LogP contribution >= 0.6 is 0 Å². The third kappa shape index (κ3) is 4.81. The van der Waals surface area contributed by atoms with E-state index in [0.717, 1.165) is 25.9 Å². The van der Waals surface area contributed by atoms with E-state index in [1.54, 1.807) is 0 Å². The molecule has 128 valence electrons. The molecule has 1 saturated carbocycles. The fourth-order valence-corrected chi connectivity index (χ4v) is 4.47. The Balaban J connectivity index is 1.80. The summed E-state index contributed by atoms with van der Waals surface area (Å²) in [4.78, 5) is 0. The van der Waals surface area contributed by atoms with Crippen molar-refractivity contribution in [1.29, 1.82) is 0 Å². The van der Waals surface area contributed by atoms with Crippen molar-refractivity contribution in [2.75, 3.05) is 13.2 Å². The fraction of sp³-hybridized carbons (Fsp3) is 0.895. The van der Waals surface area contributed by atoms with Gasteiger partial charge in [0.2, 0.25) is 0 Å². The van der Waals surface area contributed by atoms with E-state index in [9.17, 15) is 5.11 Å². The van der Waals surface area contributed by atoms with Crippen molar-refractivity contribution in [3.05, 3.63) is 12.2 Å². The van der Waals surface area contributed by atoms with Crippen LogP contribution in [0.1, 0.15) is 66.7 Å². The van der Waals surface area contributed by atoms with Crippen LogP contribution in [0.4, 0.5) is 0 Å². The third-order valence-electron chi connectivity index (χ3n) is 4.97. The van der Waals surface area contributed by atoms with Crippen LogP contribution in [0, 0.1) is 16.2 Å². The predicted molar refractivity (Wildman–Crippen MR) is 91.6 cm³/mol. The normalized spacial score (nSPS) is 32.7. The summed E-state index contributed by atoms with van der Waals surface area (Å²) >= 11 is 0. The number of ether oxygens (including phenoxy) is 1. The molecule has 0 spiro atoms. The lowest BCUT2D eigenvalue weighted by Gasteiger charge is -2.31. The molecule has 0 radical (unpaired) electrons. The smallest absolute Gasteiger partial charge is 0.0778 e. The van der Waals surface area contributed by atoms with Crippen molar-refractivity contribution in [2.24, 2.45) is 22.0 Å². The molecule has 3 atom stereocenters. The summed E-state index contributed by atoms with van der Waals surface area (Å²) in [6, 6.07) is 0. The van der Waals surface area contributed by atoms with Crippen LogP contribution in [0.2, 0.25) is 0 Å². The molecule has 0 heterocycles. The Kier molecular flexibility index (Phi) is 4.83. The third-order valence-corrected chi connectivity index (χ3v) is 4.97. The van der Waals surface area contributed by atoms with Gasteiger partial charge in [-0.3, -0.25) is 0 Å². The minimum Gasteiger partial charge on any atom is -0.391 e. The van der Waals surface area contributed by atoms with Gasteiger partial charge >= 0.3 is 0 Å². The molecule has 0 aromatic heterocycles. The fourth-order valence-electron chi connectivity index (χ4n) is 4.47. The highest BCUT2D eigenvalue weighted by Crippen LogP contribution is 2.59. The van der Waals surface area contributed by atoms with Crippen LogP contribution < -0.4 is 5.73 Å². The van der Waals surface area contributed by atoms with Crippen molar-refractivity contribution in [2.45, 2.75) is 78.4 Å². The molecule has 3 unspecified atom stereocenters. The Labute approximate surface area is 136 Å². The molecule has 0 amide bonds. The van der Waals surface area contributed by atoms with Crippen molar-refractivity contribution in [3.63, 3.8) is 0 Å². The van der Waals surface area contributed by atoms with Crippen LogP contribution in [-0.2, 0) is 4.74 Å². The molecule has 0 aromatic carbocycles. The van der Waals surface area contributed by atoms with Crippen LogP contribution in [0.25, 0.3) is 0 Å². The summed E-state index contributed by atoms with van der Waals surface area (Å²) in [7, 11) is 0. The van der Waals surface area contributed by atoms with Gasteiger partial charge < -0.3 is 15.6 Å². The number of aliphatic hydroxyl groups excluding tert-OH is 1. The van der Waals surface area contributed by atoms with Crippen LogP contribution in [-0.4, -0.2) is 30.0 Å². The second-order valence-corrected chi connectivity index (χ2v) is 9.83. The molecule has 2 bridgehead atoms. The summed E-state index contributed by atoms with van der Waals surface area (Å²) in [5.41, 5.74) is 6.73. The molecule has 2 aliphatic carbocycles. The maximum atomic E-state index is 10.1. The van der Waals surface area contributed by atoms with Gasteiger partial charge in [-0.2, -0.15) is 0 Å². The van der Waals surface area contributed by atoms with E-state index < -0.39 is 0 Å². The number of rotatable bonds is 7. The van der Waals surface area contributed by atoms with Gasteiger partial charge in [-0.1, -0.05) is 32.9 Å². The first-order chi connectivity index (χ1) is 9.93. The van der Waals surface area contributed by atoms with Crippen molar-refractivity contribution in [1.82, 2.24) is 0 Å². The quantitative estimate of drug-likeness (QED) is 0.706. The Bertz CT molecular complexity index is 418. The second kappa shape index (κ2) is 5.92. The number of hydrogen-bond donors (Lipinski definition) is 2. The molecule has 3 nitrogen and oxygen atoms in total. The van der Waals surface area contributed by atoms with Gasteiger partial charge in [0.25, 0.3) is 0 Å². The van der Waals surface area contributed by atoms with Gasteiger partial charge in [0, 0.05) is 11.0 Å². The van der Waals surface area contributed by atoms with E-state index in [4.69, 9.17) is 10.5 Å². The molecule has 2 aliphatic rings. The summed E-state index contributed by atoms with van der Waals surface area (Å²) in [5, 5.41) is 10.1. The number of hydrogen-bond acceptors (Lipinski definition) is 3. The van der Waals surface area contributed by atoms with E-state index in [1.165, 1.54) is 12.8 Å². The first-order valence-electron chi connectivity index (χ1n) is 8.68. The Hall–Kier alpha value is -0.380. The molecule has 3 heteroatoms. The van der Waals surface area contributed by atoms with Gasteiger partial charge in [-0.25, -0.2) is 0 Å². The molecule has 22 heavy (non-hydrogen) atoms. The number of nitrogens with two attached hydrogens (primary N) is 1. The van der Waals surface area contributed by atoms with E-state index in [-0.39, 0.29) is 27.9 Å². The zero-order valence-electron chi connectivity index (χ0n) is 15.1. The lowest BCUT2D eigenvalue weighted by atomic mass is 9.77. The zero-order chi connectivity index (χ0) is 16.6. The molecular formula is C19H35NO2. The first-order valence-corrected chi connectivity index (χ1v) is 8.68. The van der Waals surface area contributed by atoms with Gasteiger partial charge in [0.15, 0.2) is 0 Å². The van der Waals surface area contributed by atoms with Gasteiger partial charge in [-0.05, 0) is 56.8 Å². The molecule has 1 fully saturated rings. The summed E-state index contributed by atoms with van der Waals surface area (Å²) in [6.45, 7) is 11.9. The predicted octanol–water partition coefficient (Wildman–Crippen LogP) is 3.65. The van der Waals surface area contributed by atoms with Crippen molar-refractivity contribution in [3.8, 4) is 0 Å². The highest BCUT2D eigenvalue weighted by Gasteiger charge is 2.51. The van der Waals surface area contributed by atoms with Gasteiger partial charge in [0.1, 0.15) is 0 Å². The molecule has 0 aliphatic heterocycles. The highest BCUT2D eigenvalue weighted by molar-refractivity contribution is 5.23. The van der Waals surface area contributed by atoms with Gasteiger partial charge in [0.05, 0.1) is 19.3 Å². The summed E-state index contributed by atoms with van der Waals surface area (Å²) < 4.78 is 5.89. The lowest BCUT2D eigenvalue weighted by Crippen LogP contribution is -2.37. The zero-order valence-corrected chi connectivity index (χ0v) is 15.1. The Morgan fingerprint density at radius 3 is 2.23 bits per heavy atom. The number of fused-ring (bicyclic) bond motifs is 2. The summed E-state index contributed by atoms with van der Waals surface area (Å²) in [5.74, 6) is 0. The Morgan fingerprint density at radius 2 is 1.73 bits per heavy atom. The summed E-state index contributed by atoms with van der Waals surface area (Å²) in [6.07, 6.45) is 9.78. The minimum absolute atomic E-state index is 0.117. The molecule has 0 saturated heterocycles. The van der Waals surface area contributed by atoms with Crippen LogP contribution in [0.3, 0.4) is 0 Å². The second-order valence-electron chi connectivity index (χ2n) is 9.83. The maximum absolute atomic E-state index is 10.1. The number of allylic oxidation sites excluding steroid dienone is 1. The van der Waals surface area contributed by atoms with E-state index in [0.29, 0.717) is 6.61 Å². The van der Waals surface area contributed by atoms with E-state index in [2.05, 4.69) is 46.8 Å². The topological polar surface area (TPSA) is 55.5 Å². The van der Waals surface area contributed by atoms with Crippen molar-refractivity contribution < 1.29 is 9.84 Å². The number of aliphatic hydroxyl groups is 1. The van der Waals surface area contributed by atoms with Gasteiger partial charge in [-0.15, -0.1) is 0 Å². The lowest BCUT2D eigenvalue weighted by molar-refractivity contribution is -0.00802. The van der Waals surface area contributed by atoms with E-state index in [1.807, 2.05) is 0 Å². The monoisotopic (exact) mass is 309 g/mol. The van der Waals surface area contributed by atoms with Crippen LogP contribution in [0.5, 0.6) is 0 Å². The Morgan fingerprint density at radius 1 is 1.14 bits per heavy atom. The average Bonchev–Trinajstić information content (AvgIpc) is 2.79. The molecule has 0 aromatic rings. The molecule has 2 rings (SSSR count).